The Hall–Kier alpha value is -1.57. The Balaban J connectivity index is 2.06. The summed E-state index contributed by atoms with van der Waals surface area (Å²) in [4.78, 5) is 2.90. The highest BCUT2D eigenvalue weighted by atomic mass is 32.1. The number of nitrogens with zero attached hydrogens (tertiary/aromatic N) is 2. The van der Waals surface area contributed by atoms with E-state index in [9.17, 15) is 5.11 Å². The van der Waals surface area contributed by atoms with Crippen LogP contribution in [0.2, 0.25) is 0 Å². The summed E-state index contributed by atoms with van der Waals surface area (Å²) in [6.07, 6.45) is 4.29. The van der Waals surface area contributed by atoms with E-state index in [2.05, 4.69) is 18.3 Å². The van der Waals surface area contributed by atoms with Gasteiger partial charge in [0, 0.05) is 22.7 Å². The van der Waals surface area contributed by atoms with Crippen LogP contribution in [-0.2, 0) is 6.42 Å². The molecule has 1 aromatic carbocycles. The molecule has 0 fully saturated rings. The van der Waals surface area contributed by atoms with Crippen molar-refractivity contribution in [3.63, 3.8) is 0 Å². The van der Waals surface area contributed by atoms with E-state index in [1.165, 1.54) is 15.6 Å². The largest absolute Gasteiger partial charge is 0.388 e. The summed E-state index contributed by atoms with van der Waals surface area (Å²) in [6, 6.07) is 8.29. The topological polar surface area (TPSA) is 47.3 Å². The first-order valence-electron chi connectivity index (χ1n) is 6.62. The first-order valence-corrected chi connectivity index (χ1v) is 7.44. The number of aliphatic hydroxyl groups excluding tert-OH is 1. The Labute approximate surface area is 116 Å². The molecule has 1 aliphatic heterocycles. The quantitative estimate of drug-likeness (QED) is 0.750. The van der Waals surface area contributed by atoms with Crippen molar-refractivity contribution in [2.45, 2.75) is 25.4 Å². The lowest BCUT2D eigenvalue weighted by Gasteiger charge is -2.13. The molecular weight excluding hydrogens is 256 g/mol. The highest BCUT2D eigenvalue weighted by molar-refractivity contribution is 7.19. The highest BCUT2D eigenvalue weighted by Gasteiger charge is 2.21. The van der Waals surface area contributed by atoms with Crippen LogP contribution in [0.3, 0.4) is 0 Å². The van der Waals surface area contributed by atoms with E-state index in [4.69, 9.17) is 5.26 Å². The van der Waals surface area contributed by atoms with Crippen LogP contribution in [0.25, 0.3) is 10.1 Å². The Kier molecular flexibility index (Phi) is 3.41. The van der Waals surface area contributed by atoms with E-state index >= 15 is 0 Å². The number of thiophene rings is 1. The molecule has 1 atom stereocenters. The minimum Gasteiger partial charge on any atom is -0.388 e. The van der Waals surface area contributed by atoms with Crippen LogP contribution < -0.4 is 0 Å². The summed E-state index contributed by atoms with van der Waals surface area (Å²) in [5.74, 6) is 0. The average molecular weight is 272 g/mol. The van der Waals surface area contributed by atoms with Crippen LogP contribution in [0.5, 0.6) is 0 Å². The molecule has 0 radical (unpaired) electrons. The molecule has 3 nitrogen and oxygen atoms in total. The van der Waals surface area contributed by atoms with Gasteiger partial charge in [0.05, 0.1) is 6.10 Å². The predicted octanol–water partition coefficient (Wildman–Crippen LogP) is 3.05. The molecular formula is C15H16N2OS. The van der Waals surface area contributed by atoms with Crippen molar-refractivity contribution in [1.82, 2.24) is 4.90 Å². The zero-order valence-corrected chi connectivity index (χ0v) is 11.5. The van der Waals surface area contributed by atoms with Crippen molar-refractivity contribution in [2.24, 2.45) is 0 Å². The molecule has 0 bridgehead atoms. The summed E-state index contributed by atoms with van der Waals surface area (Å²) >= 11 is 1.70. The maximum atomic E-state index is 10.4. The van der Waals surface area contributed by atoms with E-state index in [-0.39, 0.29) is 6.10 Å². The molecule has 98 valence electrons. The van der Waals surface area contributed by atoms with Gasteiger partial charge < -0.3 is 10.0 Å². The van der Waals surface area contributed by atoms with Crippen molar-refractivity contribution in [2.75, 3.05) is 13.1 Å². The molecule has 0 saturated carbocycles. The molecule has 1 aliphatic rings. The second kappa shape index (κ2) is 5.20. The van der Waals surface area contributed by atoms with Gasteiger partial charge in [-0.05, 0) is 36.3 Å². The molecule has 3 rings (SSSR count). The minimum atomic E-state index is -0.383. The van der Waals surface area contributed by atoms with Crippen molar-refractivity contribution >= 4 is 21.4 Å². The van der Waals surface area contributed by atoms with E-state index < -0.39 is 0 Å². The highest BCUT2D eigenvalue weighted by Crippen LogP contribution is 2.37. The number of nitriles is 1. The van der Waals surface area contributed by atoms with Gasteiger partial charge in [-0.15, -0.1) is 11.3 Å². The Morgan fingerprint density at radius 1 is 1.32 bits per heavy atom. The monoisotopic (exact) mass is 272 g/mol. The number of hydrogen-bond donors (Lipinski definition) is 1. The number of rotatable bonds is 0. The van der Waals surface area contributed by atoms with Crippen molar-refractivity contribution < 1.29 is 5.11 Å². The number of hydrogen-bond acceptors (Lipinski definition) is 4. The second-order valence-electron chi connectivity index (χ2n) is 4.94. The lowest BCUT2D eigenvalue weighted by atomic mass is 10.0. The van der Waals surface area contributed by atoms with Crippen molar-refractivity contribution in [3.05, 3.63) is 34.7 Å². The third-order valence-electron chi connectivity index (χ3n) is 3.71. The van der Waals surface area contributed by atoms with Gasteiger partial charge in [0.1, 0.15) is 0 Å². The molecule has 2 heterocycles. The zero-order chi connectivity index (χ0) is 13.2. The summed E-state index contributed by atoms with van der Waals surface area (Å²) in [7, 11) is 0. The first kappa shape index (κ1) is 12.5. The first-order chi connectivity index (χ1) is 9.29. The van der Waals surface area contributed by atoms with E-state index in [0.29, 0.717) is 0 Å². The van der Waals surface area contributed by atoms with Gasteiger partial charge in [-0.1, -0.05) is 18.2 Å². The van der Waals surface area contributed by atoms with Crippen molar-refractivity contribution in [1.29, 1.82) is 5.26 Å². The molecule has 0 saturated heterocycles. The lowest BCUT2D eigenvalue weighted by Crippen LogP contribution is -2.21. The molecule has 0 unspecified atom stereocenters. The van der Waals surface area contributed by atoms with Crippen LogP contribution in [0.15, 0.2) is 24.3 Å². The average Bonchev–Trinajstić information content (AvgIpc) is 2.82. The maximum absolute atomic E-state index is 10.4. The molecule has 19 heavy (non-hydrogen) atoms. The lowest BCUT2D eigenvalue weighted by molar-refractivity contribution is 0.165. The number of benzene rings is 1. The van der Waals surface area contributed by atoms with Crippen LogP contribution in [0.1, 0.15) is 29.4 Å². The standard InChI is InChI=1S/C15H16N2OS/c16-10-17-8-3-5-13(18)15-12(7-9-17)11-4-1-2-6-14(11)19-15/h1-2,4,6,13,18H,3,5,7-9H2/t13-/m0/s1. The van der Waals surface area contributed by atoms with E-state index in [1.807, 2.05) is 12.1 Å². The third kappa shape index (κ3) is 2.32. The van der Waals surface area contributed by atoms with Crippen LogP contribution in [-0.4, -0.2) is 23.1 Å². The maximum Gasteiger partial charge on any atom is 0.179 e. The Morgan fingerprint density at radius 3 is 3.00 bits per heavy atom. The summed E-state index contributed by atoms with van der Waals surface area (Å²) in [5.41, 5.74) is 1.23. The molecule has 2 aromatic rings. The molecule has 0 amide bonds. The Bertz CT molecular complexity index is 629. The smallest absolute Gasteiger partial charge is 0.179 e. The van der Waals surface area contributed by atoms with Crippen LogP contribution >= 0.6 is 11.3 Å². The molecule has 1 aromatic heterocycles. The van der Waals surface area contributed by atoms with Crippen LogP contribution in [0.4, 0.5) is 0 Å². The van der Waals surface area contributed by atoms with Gasteiger partial charge in [-0.2, -0.15) is 5.26 Å². The third-order valence-corrected chi connectivity index (χ3v) is 5.03. The molecule has 0 spiro atoms. The predicted molar refractivity (Wildman–Crippen MR) is 76.9 cm³/mol. The normalized spacial score (nSPS) is 20.2. The Morgan fingerprint density at radius 2 is 2.16 bits per heavy atom. The SMILES string of the molecule is N#CN1CCC[C@H](O)c2sc3ccccc3c2CC1. The molecule has 1 N–H and O–H groups in total. The van der Waals surface area contributed by atoms with Gasteiger partial charge >= 0.3 is 0 Å². The van der Waals surface area contributed by atoms with Gasteiger partial charge in [0.15, 0.2) is 6.19 Å². The fraction of sp³-hybridized carbons (Fsp3) is 0.400. The number of fused-ring (bicyclic) bond motifs is 3. The van der Waals surface area contributed by atoms with E-state index in [0.717, 1.165) is 37.2 Å². The van der Waals surface area contributed by atoms with Gasteiger partial charge in [0.2, 0.25) is 0 Å². The fourth-order valence-corrected chi connectivity index (χ4v) is 3.98. The summed E-state index contributed by atoms with van der Waals surface area (Å²) in [6.45, 7) is 1.50. The number of aliphatic hydroxyl groups is 1. The zero-order valence-electron chi connectivity index (χ0n) is 10.7. The molecule has 0 aliphatic carbocycles. The minimum absolute atomic E-state index is 0.383. The van der Waals surface area contributed by atoms with Gasteiger partial charge in [-0.3, -0.25) is 0 Å². The summed E-state index contributed by atoms with van der Waals surface area (Å²) in [5, 5.41) is 20.7. The van der Waals surface area contributed by atoms with Crippen LogP contribution in [0, 0.1) is 11.5 Å². The fourth-order valence-electron chi connectivity index (χ4n) is 2.71. The summed E-state index contributed by atoms with van der Waals surface area (Å²) < 4.78 is 1.23. The van der Waals surface area contributed by atoms with Crippen molar-refractivity contribution in [3.8, 4) is 6.19 Å². The second-order valence-corrected chi connectivity index (χ2v) is 6.02. The van der Waals surface area contributed by atoms with Gasteiger partial charge in [-0.25, -0.2) is 0 Å². The van der Waals surface area contributed by atoms with Gasteiger partial charge in [0.25, 0.3) is 0 Å². The van der Waals surface area contributed by atoms with E-state index in [1.54, 1.807) is 16.2 Å². The molecule has 4 heteroatoms.